The van der Waals surface area contributed by atoms with Gasteiger partial charge in [0.1, 0.15) is 29.3 Å². The van der Waals surface area contributed by atoms with Crippen LogP contribution in [0.1, 0.15) is 89.4 Å². The Hall–Kier alpha value is -3.68. The number of unbranched alkanes of at least 4 members (excludes halogenated alkanes) is 4. The fraction of sp³-hybridized carbons (Fsp3) is 0.515. The first kappa shape index (κ1) is 30.3. The van der Waals surface area contributed by atoms with Gasteiger partial charge in [0.15, 0.2) is 5.78 Å². The molecule has 2 aromatic rings. The highest BCUT2D eigenvalue weighted by Gasteiger charge is 2.37. The van der Waals surface area contributed by atoms with Gasteiger partial charge in [0.05, 0.1) is 16.5 Å². The van der Waals surface area contributed by atoms with Crippen molar-refractivity contribution in [3.63, 3.8) is 0 Å². The molecule has 2 N–H and O–H groups in total. The van der Waals surface area contributed by atoms with Crippen molar-refractivity contribution in [3.05, 3.63) is 52.5 Å². The number of fused-ring (bicyclic) bond motifs is 2. The van der Waals surface area contributed by atoms with E-state index in [1.807, 2.05) is 6.08 Å². The Morgan fingerprint density at radius 1 is 0.854 bits per heavy atom. The quantitative estimate of drug-likeness (QED) is 0.210. The van der Waals surface area contributed by atoms with E-state index in [0.717, 1.165) is 88.9 Å². The lowest BCUT2D eigenvalue weighted by Crippen LogP contribution is -2.27. The van der Waals surface area contributed by atoms with Crippen molar-refractivity contribution in [1.29, 1.82) is 0 Å². The molecule has 1 aromatic carbocycles. The summed E-state index contributed by atoms with van der Waals surface area (Å²) in [4.78, 5) is 31.6. The average Bonchev–Trinajstić information content (AvgIpc) is 3.54. The van der Waals surface area contributed by atoms with Crippen molar-refractivity contribution >= 4 is 28.2 Å². The van der Waals surface area contributed by atoms with E-state index in [4.69, 9.17) is 9.15 Å². The molecule has 222 valence electrons. The third-order valence-corrected chi connectivity index (χ3v) is 7.82. The van der Waals surface area contributed by atoms with Gasteiger partial charge in [-0.3, -0.25) is 9.59 Å². The number of furan rings is 1. The van der Waals surface area contributed by atoms with Crippen molar-refractivity contribution in [3.8, 4) is 11.7 Å². The van der Waals surface area contributed by atoms with Gasteiger partial charge in [-0.15, -0.1) is 0 Å². The number of anilines is 1. The summed E-state index contributed by atoms with van der Waals surface area (Å²) in [6, 6.07) is 3.38. The molecule has 0 amide bonds. The number of Topliss-reactive ketones (excluding diaryl/α,β-unsaturated/α-hetero) is 1. The Morgan fingerprint density at radius 2 is 1.44 bits per heavy atom. The molecular weight excluding hydrogens is 520 g/mol. The summed E-state index contributed by atoms with van der Waals surface area (Å²) < 4.78 is 11.5. The van der Waals surface area contributed by atoms with E-state index in [2.05, 4.69) is 37.5 Å². The lowest BCUT2D eigenvalue weighted by molar-refractivity contribution is -0.111. The number of nitrogens with zero attached hydrogens (tertiary/aromatic N) is 2. The number of benzene rings is 1. The molecule has 0 saturated heterocycles. The Morgan fingerprint density at radius 3 is 2.02 bits per heavy atom. The summed E-state index contributed by atoms with van der Waals surface area (Å²) in [5, 5.41) is 22.0. The van der Waals surface area contributed by atoms with Crippen LogP contribution in [0.3, 0.4) is 0 Å². The molecule has 41 heavy (non-hydrogen) atoms. The first-order valence-corrected chi connectivity index (χ1v) is 15.2. The summed E-state index contributed by atoms with van der Waals surface area (Å²) in [6.07, 6.45) is 11.6. The maximum atomic E-state index is 13.8. The molecule has 4 rings (SSSR count). The van der Waals surface area contributed by atoms with Crippen LogP contribution in [-0.2, 0) is 9.53 Å². The first-order chi connectivity index (χ1) is 19.8. The highest BCUT2D eigenvalue weighted by Crippen LogP contribution is 2.43. The molecule has 1 aromatic heterocycles. The minimum absolute atomic E-state index is 0.0937. The van der Waals surface area contributed by atoms with Crippen LogP contribution in [0, 0.1) is 0 Å². The summed E-state index contributed by atoms with van der Waals surface area (Å²) in [5.74, 6) is -1.24. The highest BCUT2D eigenvalue weighted by molar-refractivity contribution is 6.24. The fourth-order valence-electron chi connectivity index (χ4n) is 5.43. The molecule has 1 aliphatic heterocycles. The maximum absolute atomic E-state index is 13.8. The van der Waals surface area contributed by atoms with E-state index in [0.29, 0.717) is 5.76 Å². The fourth-order valence-corrected chi connectivity index (χ4v) is 5.43. The van der Waals surface area contributed by atoms with Gasteiger partial charge >= 0.3 is 0 Å². The number of ketones is 2. The Bertz CT molecular complexity index is 1350. The molecule has 0 unspecified atom stereocenters. The predicted molar refractivity (Wildman–Crippen MR) is 161 cm³/mol. The van der Waals surface area contributed by atoms with Gasteiger partial charge in [0.2, 0.25) is 5.78 Å². The number of allylic oxidation sites excluding steroid dienone is 3. The van der Waals surface area contributed by atoms with E-state index >= 15 is 0 Å². The molecule has 0 fully saturated rings. The van der Waals surface area contributed by atoms with Crippen molar-refractivity contribution < 1.29 is 29.0 Å². The van der Waals surface area contributed by atoms with Crippen molar-refractivity contribution in [2.75, 3.05) is 37.7 Å². The van der Waals surface area contributed by atoms with Crippen molar-refractivity contribution in [2.45, 2.75) is 79.1 Å². The molecule has 0 atom stereocenters. The number of hydrogen-bond acceptors (Lipinski definition) is 8. The molecule has 2 heterocycles. The van der Waals surface area contributed by atoms with Gasteiger partial charge in [0.25, 0.3) is 5.95 Å². The Balaban J connectivity index is 1.67. The van der Waals surface area contributed by atoms with Crippen LogP contribution >= 0.6 is 0 Å². The second-order valence-electron chi connectivity index (χ2n) is 10.9. The third kappa shape index (κ3) is 6.47. The van der Waals surface area contributed by atoms with Crippen LogP contribution in [-0.4, -0.2) is 59.5 Å². The van der Waals surface area contributed by atoms with Crippen molar-refractivity contribution in [2.24, 2.45) is 0 Å². The monoisotopic (exact) mass is 564 g/mol. The second kappa shape index (κ2) is 13.8. The zero-order valence-corrected chi connectivity index (χ0v) is 24.9. The van der Waals surface area contributed by atoms with Crippen molar-refractivity contribution in [1.82, 2.24) is 4.90 Å². The second-order valence-corrected chi connectivity index (χ2v) is 10.9. The molecule has 0 radical (unpaired) electrons. The highest BCUT2D eigenvalue weighted by atomic mass is 16.5. The molecule has 8 nitrogen and oxygen atoms in total. The van der Waals surface area contributed by atoms with Gasteiger partial charge in [-0.2, -0.15) is 0 Å². The third-order valence-electron chi connectivity index (χ3n) is 7.82. The van der Waals surface area contributed by atoms with Gasteiger partial charge in [-0.25, -0.2) is 0 Å². The minimum Gasteiger partial charge on any atom is -0.507 e. The van der Waals surface area contributed by atoms with E-state index in [1.165, 1.54) is 0 Å². The van der Waals surface area contributed by atoms with Gasteiger partial charge in [0, 0.05) is 61.8 Å². The van der Waals surface area contributed by atoms with E-state index in [1.54, 1.807) is 18.2 Å². The number of phenolic OH excluding ortho intramolecular Hbond substituents is 1. The van der Waals surface area contributed by atoms with E-state index in [-0.39, 0.29) is 45.8 Å². The van der Waals surface area contributed by atoms with Crippen LogP contribution in [0.4, 0.5) is 5.69 Å². The normalized spacial score (nSPS) is 14.7. The van der Waals surface area contributed by atoms with Gasteiger partial charge < -0.3 is 29.2 Å². The largest absolute Gasteiger partial charge is 0.507 e. The number of ether oxygens (including phenoxy) is 1. The maximum Gasteiger partial charge on any atom is 0.294 e. The molecule has 0 spiro atoms. The van der Waals surface area contributed by atoms with Crippen LogP contribution < -0.4 is 4.90 Å². The standard InChI is InChI=1S/C33H44N2O6/c1-5-9-13-34(14-10-6-2)22-17-25(36)29-24(21-40-27(29)19-22)32(38)31-30-26(37)18-23(20-28(30)41-33(31)39)35(15-11-7-3)16-12-8-4/h17-20,37,39H,5-16,21H2,1-4H3. The molecule has 1 aliphatic carbocycles. The summed E-state index contributed by atoms with van der Waals surface area (Å²) in [6.45, 7) is 11.8. The zero-order valence-electron chi connectivity index (χ0n) is 24.9. The first-order valence-electron chi connectivity index (χ1n) is 15.2. The number of carbonyl (C=O) groups is 2. The lowest BCUT2D eigenvalue weighted by Gasteiger charge is -2.27. The van der Waals surface area contributed by atoms with Crippen LogP contribution in [0.25, 0.3) is 11.0 Å². The predicted octanol–water partition coefficient (Wildman–Crippen LogP) is 7.01. The summed E-state index contributed by atoms with van der Waals surface area (Å²) in [5.41, 5.74) is 2.00. The SMILES string of the molecule is CCCCN(CCCC)C1=CC(=O)C2=C(C(=O)c3c(O)oc4cc(N(CCCC)CCCC)cc(O)c34)COC2=C1. The molecule has 0 bridgehead atoms. The number of hydrogen-bond donors (Lipinski definition) is 2. The number of aromatic hydroxyl groups is 2. The molecule has 2 aliphatic rings. The van der Waals surface area contributed by atoms with Crippen LogP contribution in [0.2, 0.25) is 0 Å². The van der Waals surface area contributed by atoms with Gasteiger partial charge in [-0.1, -0.05) is 53.4 Å². The minimum atomic E-state index is -0.587. The Kier molecular flexibility index (Phi) is 10.2. The number of rotatable bonds is 16. The zero-order chi connectivity index (χ0) is 29.5. The van der Waals surface area contributed by atoms with E-state index < -0.39 is 11.7 Å². The molecular formula is C33H44N2O6. The number of phenols is 1. The van der Waals surface area contributed by atoms with E-state index in [9.17, 15) is 19.8 Å². The molecule has 8 heteroatoms. The van der Waals surface area contributed by atoms with Gasteiger partial charge in [-0.05, 0) is 25.7 Å². The van der Waals surface area contributed by atoms with Crippen LogP contribution in [0.5, 0.6) is 11.7 Å². The number of carbonyl (C=O) groups excluding carboxylic acids is 2. The molecule has 0 saturated carbocycles. The summed E-state index contributed by atoms with van der Waals surface area (Å²) >= 11 is 0. The summed E-state index contributed by atoms with van der Waals surface area (Å²) in [7, 11) is 0. The smallest absolute Gasteiger partial charge is 0.294 e. The Labute approximate surface area is 242 Å². The average molecular weight is 565 g/mol. The lowest BCUT2D eigenvalue weighted by atomic mass is 9.93. The van der Waals surface area contributed by atoms with Crippen LogP contribution in [0.15, 0.2) is 51.3 Å². The topological polar surface area (TPSA) is 103 Å².